The van der Waals surface area contributed by atoms with Crippen molar-refractivity contribution in [1.82, 2.24) is 0 Å². The zero-order valence-electron chi connectivity index (χ0n) is 6.20. The van der Waals surface area contributed by atoms with Crippen molar-refractivity contribution in [3.8, 4) is 0 Å². The van der Waals surface area contributed by atoms with Crippen LogP contribution in [0.3, 0.4) is 0 Å². The summed E-state index contributed by atoms with van der Waals surface area (Å²) in [7, 11) is 0. The van der Waals surface area contributed by atoms with E-state index >= 15 is 0 Å². The first-order valence-corrected chi connectivity index (χ1v) is 5.51. The van der Waals surface area contributed by atoms with Gasteiger partial charge in [-0.15, -0.1) is 11.8 Å². The van der Waals surface area contributed by atoms with E-state index in [0.717, 1.165) is 6.42 Å². The highest BCUT2D eigenvalue weighted by Crippen LogP contribution is 2.32. The minimum Gasteiger partial charge on any atom is -0.301 e. The molecule has 0 fully saturated rings. The van der Waals surface area contributed by atoms with Crippen LogP contribution in [0.1, 0.15) is 13.3 Å². The van der Waals surface area contributed by atoms with Gasteiger partial charge in [0.05, 0.1) is 4.58 Å². The van der Waals surface area contributed by atoms with Crippen LogP contribution < -0.4 is 5.73 Å². The molecule has 2 nitrogen and oxygen atoms in total. The molecule has 0 spiro atoms. The second-order valence-electron chi connectivity index (χ2n) is 2.07. The molecule has 0 aliphatic carbocycles. The van der Waals surface area contributed by atoms with E-state index in [1.165, 1.54) is 5.71 Å². The average molecular weight is 176 g/mol. The normalized spacial score (nSPS) is 32.5. The first kappa shape index (κ1) is 8.43. The maximum absolute atomic E-state index is 5.63. The van der Waals surface area contributed by atoms with Crippen LogP contribution >= 0.6 is 23.5 Å². The molecular weight excluding hydrogens is 164 g/mol. The quantitative estimate of drug-likeness (QED) is 0.693. The van der Waals surface area contributed by atoms with Crippen molar-refractivity contribution < 1.29 is 0 Å². The van der Waals surface area contributed by atoms with Gasteiger partial charge in [-0.2, -0.15) is 0 Å². The maximum Gasteiger partial charge on any atom is 0.145 e. The molecule has 10 heavy (non-hydrogen) atoms. The highest BCUT2D eigenvalue weighted by molar-refractivity contribution is 8.18. The molecule has 1 heterocycles. The maximum atomic E-state index is 5.63. The van der Waals surface area contributed by atoms with Gasteiger partial charge in [0, 0.05) is 5.71 Å². The smallest absolute Gasteiger partial charge is 0.145 e. The van der Waals surface area contributed by atoms with Crippen LogP contribution in [0.15, 0.2) is 4.99 Å². The van der Waals surface area contributed by atoms with Gasteiger partial charge in [-0.1, -0.05) is 18.7 Å². The lowest BCUT2D eigenvalue weighted by atomic mass is 10.3. The molecule has 0 aromatic carbocycles. The fourth-order valence-corrected chi connectivity index (χ4v) is 3.03. The lowest BCUT2D eigenvalue weighted by Gasteiger charge is -2.05. The lowest BCUT2D eigenvalue weighted by molar-refractivity contribution is 0.995. The van der Waals surface area contributed by atoms with E-state index in [2.05, 4.69) is 18.2 Å². The van der Waals surface area contributed by atoms with Gasteiger partial charge in [0.1, 0.15) is 5.50 Å². The molecule has 0 saturated heterocycles. The number of thioether (sulfide) groups is 2. The molecule has 0 saturated carbocycles. The summed E-state index contributed by atoms with van der Waals surface area (Å²) in [6, 6.07) is 0. The average Bonchev–Trinajstić information content (AvgIpc) is 2.30. The third-order valence-corrected chi connectivity index (χ3v) is 3.92. The SMILES string of the molecule is CCC1=NC(N)SC1SC. The molecule has 0 radical (unpaired) electrons. The lowest BCUT2D eigenvalue weighted by Crippen LogP contribution is -2.09. The monoisotopic (exact) mass is 176 g/mol. The molecule has 2 unspecified atom stereocenters. The number of nitrogens with two attached hydrogens (primary N) is 1. The van der Waals surface area contributed by atoms with Crippen LogP contribution in [0.25, 0.3) is 0 Å². The predicted molar refractivity (Wildman–Crippen MR) is 50.6 cm³/mol. The topological polar surface area (TPSA) is 38.4 Å². The van der Waals surface area contributed by atoms with Gasteiger partial charge < -0.3 is 5.73 Å². The second-order valence-corrected chi connectivity index (χ2v) is 4.54. The molecule has 0 aromatic rings. The highest BCUT2D eigenvalue weighted by atomic mass is 32.2. The van der Waals surface area contributed by atoms with E-state index in [4.69, 9.17) is 5.73 Å². The molecule has 1 aliphatic heterocycles. The Morgan fingerprint density at radius 2 is 2.50 bits per heavy atom. The first-order chi connectivity index (χ1) is 4.77. The summed E-state index contributed by atoms with van der Waals surface area (Å²) in [5.41, 5.74) is 6.88. The van der Waals surface area contributed by atoms with Crippen molar-refractivity contribution in [1.29, 1.82) is 0 Å². The summed E-state index contributed by atoms with van der Waals surface area (Å²) in [6.45, 7) is 2.13. The van der Waals surface area contributed by atoms with E-state index in [1.54, 1.807) is 11.8 Å². The Hall–Kier alpha value is 0.330. The molecular formula is C6H12N2S2. The molecule has 2 atom stereocenters. The fraction of sp³-hybridized carbons (Fsp3) is 0.833. The molecule has 0 aromatic heterocycles. The first-order valence-electron chi connectivity index (χ1n) is 3.28. The third-order valence-electron chi connectivity index (χ3n) is 1.40. The van der Waals surface area contributed by atoms with Gasteiger partial charge in [0.15, 0.2) is 0 Å². The van der Waals surface area contributed by atoms with Gasteiger partial charge in [-0.05, 0) is 12.7 Å². The zero-order chi connectivity index (χ0) is 7.56. The van der Waals surface area contributed by atoms with E-state index in [-0.39, 0.29) is 5.50 Å². The molecule has 1 aliphatic rings. The van der Waals surface area contributed by atoms with Gasteiger partial charge in [0.2, 0.25) is 0 Å². The number of hydrogen-bond acceptors (Lipinski definition) is 4. The van der Waals surface area contributed by atoms with Crippen LogP contribution in [-0.2, 0) is 0 Å². The van der Waals surface area contributed by atoms with Gasteiger partial charge in [-0.25, -0.2) is 0 Å². The van der Waals surface area contributed by atoms with Crippen LogP contribution in [0.5, 0.6) is 0 Å². The van der Waals surface area contributed by atoms with Crippen LogP contribution in [0, 0.1) is 0 Å². The Kier molecular flexibility index (Phi) is 3.07. The van der Waals surface area contributed by atoms with Crippen molar-refractivity contribution in [2.24, 2.45) is 10.7 Å². The van der Waals surface area contributed by atoms with Crippen molar-refractivity contribution in [2.75, 3.05) is 6.26 Å². The van der Waals surface area contributed by atoms with E-state index in [9.17, 15) is 0 Å². The largest absolute Gasteiger partial charge is 0.301 e. The summed E-state index contributed by atoms with van der Waals surface area (Å²) in [5, 5.41) is 0. The second kappa shape index (κ2) is 3.64. The Balaban J connectivity index is 2.56. The van der Waals surface area contributed by atoms with Crippen molar-refractivity contribution in [3.63, 3.8) is 0 Å². The Labute approximate surface area is 70.0 Å². The summed E-state index contributed by atoms with van der Waals surface area (Å²) in [4.78, 5) is 4.30. The van der Waals surface area contributed by atoms with Crippen LogP contribution in [0.4, 0.5) is 0 Å². The third kappa shape index (κ3) is 1.68. The Morgan fingerprint density at radius 1 is 1.80 bits per heavy atom. The van der Waals surface area contributed by atoms with E-state index < -0.39 is 0 Å². The van der Waals surface area contributed by atoms with Gasteiger partial charge >= 0.3 is 0 Å². The van der Waals surface area contributed by atoms with Gasteiger partial charge in [0.25, 0.3) is 0 Å². The molecule has 2 N–H and O–H groups in total. The molecule has 0 bridgehead atoms. The van der Waals surface area contributed by atoms with Crippen molar-refractivity contribution >= 4 is 29.2 Å². The minimum atomic E-state index is -0.00704. The molecule has 1 rings (SSSR count). The number of aliphatic imine (C=N–C) groups is 1. The summed E-state index contributed by atoms with van der Waals surface area (Å²) >= 11 is 3.56. The summed E-state index contributed by atoms with van der Waals surface area (Å²) in [6.07, 6.45) is 3.13. The fourth-order valence-electron chi connectivity index (χ4n) is 0.909. The predicted octanol–water partition coefficient (Wildman–Crippen LogP) is 1.52. The number of nitrogens with zero attached hydrogens (tertiary/aromatic N) is 1. The van der Waals surface area contributed by atoms with Crippen molar-refractivity contribution in [3.05, 3.63) is 0 Å². The standard InChI is InChI=1S/C6H12N2S2/c1-3-4-5(9-2)10-6(7)8-4/h5-6H,3,7H2,1-2H3. The highest BCUT2D eigenvalue weighted by Gasteiger charge is 2.23. The minimum absolute atomic E-state index is 0.00704. The summed E-state index contributed by atoms with van der Waals surface area (Å²) in [5.74, 6) is 0. The summed E-state index contributed by atoms with van der Waals surface area (Å²) < 4.78 is 0.514. The van der Waals surface area contributed by atoms with Crippen molar-refractivity contribution in [2.45, 2.75) is 23.4 Å². The molecule has 0 amide bonds. The van der Waals surface area contributed by atoms with Crippen LogP contribution in [0.2, 0.25) is 0 Å². The van der Waals surface area contributed by atoms with Gasteiger partial charge in [-0.3, -0.25) is 4.99 Å². The molecule has 58 valence electrons. The Morgan fingerprint density at radius 3 is 2.90 bits per heavy atom. The Bertz CT molecular complexity index is 147. The van der Waals surface area contributed by atoms with Crippen LogP contribution in [-0.4, -0.2) is 22.0 Å². The zero-order valence-corrected chi connectivity index (χ0v) is 7.84. The van der Waals surface area contributed by atoms with E-state index in [1.807, 2.05) is 11.8 Å². The number of rotatable bonds is 2. The molecule has 4 heteroatoms. The van der Waals surface area contributed by atoms with E-state index in [0.29, 0.717) is 4.58 Å². The number of hydrogen-bond donors (Lipinski definition) is 1.